The van der Waals surface area contributed by atoms with Crippen molar-refractivity contribution in [3.63, 3.8) is 0 Å². The van der Waals surface area contributed by atoms with E-state index in [0.29, 0.717) is 49.5 Å². The van der Waals surface area contributed by atoms with Crippen molar-refractivity contribution in [1.82, 2.24) is 9.88 Å². The average molecular weight is 440 g/mol. The normalized spacial score (nSPS) is 23.6. The van der Waals surface area contributed by atoms with E-state index in [4.69, 9.17) is 5.11 Å². The molecule has 0 radical (unpaired) electrons. The number of rotatable bonds is 5. The maximum absolute atomic E-state index is 13.5. The van der Waals surface area contributed by atoms with Crippen LogP contribution in [0.25, 0.3) is 0 Å². The first-order valence-electron chi connectivity index (χ1n) is 10.1. The average Bonchev–Trinajstić information content (AvgIpc) is 3.34. The Morgan fingerprint density at radius 3 is 2.83 bits per heavy atom. The fourth-order valence-corrected chi connectivity index (χ4v) is 5.44. The highest BCUT2D eigenvalue weighted by Crippen LogP contribution is 2.59. The lowest BCUT2D eigenvalue weighted by Gasteiger charge is -2.48. The minimum absolute atomic E-state index is 0.0910. The lowest BCUT2D eigenvalue weighted by molar-refractivity contribution is -0.139. The Labute approximate surface area is 176 Å². The van der Waals surface area contributed by atoms with Crippen LogP contribution in [-0.4, -0.2) is 40.7 Å². The molecule has 2 amide bonds. The van der Waals surface area contributed by atoms with Crippen molar-refractivity contribution < 1.29 is 23.1 Å². The SMILES string of the molecule is O=C(Nc1nc(CCCO)cs1)N1CCC2(CCC2c2ccccc2C(F)(F)F)C1. The molecule has 2 atom stereocenters. The molecule has 0 bridgehead atoms. The standard InChI is InChI=1S/C21H24F3N3O2S/c22-21(23,24)17-6-2-1-5-15(17)16-7-8-20(16)9-10-27(13-20)19(29)26-18-25-14(12-30-18)4-3-11-28/h1-2,5-6,12,16,28H,3-4,7-11,13H2,(H,25,26,29). The zero-order valence-electron chi connectivity index (χ0n) is 16.4. The van der Waals surface area contributed by atoms with E-state index in [1.807, 2.05) is 5.38 Å². The third-order valence-electron chi connectivity index (χ3n) is 6.34. The Morgan fingerprint density at radius 1 is 1.33 bits per heavy atom. The quantitative estimate of drug-likeness (QED) is 0.697. The van der Waals surface area contributed by atoms with Crippen molar-refractivity contribution >= 4 is 22.5 Å². The molecule has 9 heteroatoms. The summed E-state index contributed by atoms with van der Waals surface area (Å²) >= 11 is 1.33. The summed E-state index contributed by atoms with van der Waals surface area (Å²) in [5.41, 5.74) is 0.334. The van der Waals surface area contributed by atoms with Crippen LogP contribution in [0.5, 0.6) is 0 Å². The number of aliphatic hydroxyl groups is 1. The molecule has 30 heavy (non-hydrogen) atoms. The summed E-state index contributed by atoms with van der Waals surface area (Å²) in [5.74, 6) is -0.182. The summed E-state index contributed by atoms with van der Waals surface area (Å²) in [4.78, 5) is 18.7. The molecular formula is C21H24F3N3O2S. The van der Waals surface area contributed by atoms with Gasteiger partial charge in [-0.1, -0.05) is 18.2 Å². The lowest BCUT2D eigenvalue weighted by atomic mass is 9.56. The summed E-state index contributed by atoms with van der Waals surface area (Å²) in [6, 6.07) is 5.56. The third kappa shape index (κ3) is 4.05. The number of urea groups is 1. The Hall–Kier alpha value is -2.13. The summed E-state index contributed by atoms with van der Waals surface area (Å²) in [6.45, 7) is 1.07. The number of alkyl halides is 3. The van der Waals surface area contributed by atoms with Crippen molar-refractivity contribution in [3.8, 4) is 0 Å². The van der Waals surface area contributed by atoms with Gasteiger partial charge in [0.05, 0.1) is 11.3 Å². The fourth-order valence-electron chi connectivity index (χ4n) is 4.71. The first-order valence-corrected chi connectivity index (χ1v) is 11.0. The van der Waals surface area contributed by atoms with Crippen LogP contribution in [0.2, 0.25) is 0 Å². The number of aliphatic hydroxyl groups excluding tert-OH is 1. The summed E-state index contributed by atoms with van der Waals surface area (Å²) in [6.07, 6.45) is -0.861. The zero-order chi connectivity index (χ0) is 21.4. The van der Waals surface area contributed by atoms with E-state index < -0.39 is 11.7 Å². The maximum atomic E-state index is 13.5. The van der Waals surface area contributed by atoms with Crippen LogP contribution in [0.1, 0.15) is 48.4 Å². The van der Waals surface area contributed by atoms with Crippen LogP contribution in [0, 0.1) is 5.41 Å². The van der Waals surface area contributed by atoms with E-state index in [-0.39, 0.29) is 24.0 Å². The van der Waals surface area contributed by atoms with Crippen LogP contribution in [0.15, 0.2) is 29.6 Å². The van der Waals surface area contributed by atoms with Gasteiger partial charge >= 0.3 is 12.2 Å². The highest BCUT2D eigenvalue weighted by Gasteiger charge is 2.53. The van der Waals surface area contributed by atoms with Gasteiger partial charge in [0.1, 0.15) is 0 Å². The predicted octanol–water partition coefficient (Wildman–Crippen LogP) is 4.89. The highest BCUT2D eigenvalue weighted by atomic mass is 32.1. The van der Waals surface area contributed by atoms with Gasteiger partial charge in [-0.15, -0.1) is 11.3 Å². The van der Waals surface area contributed by atoms with Crippen molar-refractivity contribution in [2.45, 2.75) is 44.2 Å². The summed E-state index contributed by atoms with van der Waals surface area (Å²) < 4.78 is 40.4. The molecule has 1 aliphatic carbocycles. The molecule has 1 spiro atoms. The second-order valence-electron chi connectivity index (χ2n) is 8.11. The molecule has 2 fully saturated rings. The van der Waals surface area contributed by atoms with E-state index in [0.717, 1.165) is 18.2 Å². The molecule has 1 aliphatic heterocycles. The van der Waals surface area contributed by atoms with E-state index >= 15 is 0 Å². The number of nitrogens with zero attached hydrogens (tertiary/aromatic N) is 2. The number of thiazole rings is 1. The molecule has 2 heterocycles. The number of benzene rings is 1. The van der Waals surface area contributed by atoms with Crippen LogP contribution < -0.4 is 5.32 Å². The van der Waals surface area contributed by atoms with Crippen molar-refractivity contribution in [1.29, 1.82) is 0 Å². The maximum Gasteiger partial charge on any atom is 0.416 e. The second-order valence-corrected chi connectivity index (χ2v) is 8.97. The van der Waals surface area contributed by atoms with Crippen molar-refractivity contribution in [2.24, 2.45) is 5.41 Å². The molecule has 1 aromatic heterocycles. The van der Waals surface area contributed by atoms with Gasteiger partial charge in [-0.05, 0) is 55.1 Å². The second kappa shape index (κ2) is 8.19. The Bertz CT molecular complexity index is 917. The molecule has 1 saturated heterocycles. The minimum Gasteiger partial charge on any atom is -0.396 e. The molecule has 162 valence electrons. The predicted molar refractivity (Wildman–Crippen MR) is 109 cm³/mol. The Morgan fingerprint density at radius 2 is 2.13 bits per heavy atom. The fraction of sp³-hybridized carbons (Fsp3) is 0.524. The largest absolute Gasteiger partial charge is 0.416 e. The molecule has 1 aromatic carbocycles. The number of amides is 2. The molecule has 2 N–H and O–H groups in total. The molecule has 5 nitrogen and oxygen atoms in total. The number of carbonyl (C=O) groups excluding carboxylic acids is 1. The topological polar surface area (TPSA) is 65.5 Å². The van der Waals surface area contributed by atoms with Gasteiger partial charge < -0.3 is 10.0 Å². The smallest absolute Gasteiger partial charge is 0.396 e. The van der Waals surface area contributed by atoms with Gasteiger partial charge in [0.25, 0.3) is 0 Å². The number of aryl methyl sites for hydroxylation is 1. The van der Waals surface area contributed by atoms with Gasteiger partial charge in [-0.2, -0.15) is 13.2 Å². The first kappa shape index (κ1) is 21.1. The van der Waals surface area contributed by atoms with Gasteiger partial charge in [0, 0.05) is 25.1 Å². The number of aromatic nitrogens is 1. The van der Waals surface area contributed by atoms with Crippen LogP contribution >= 0.6 is 11.3 Å². The lowest BCUT2D eigenvalue weighted by Crippen LogP contribution is -2.43. The molecule has 2 aliphatic rings. The molecular weight excluding hydrogens is 415 g/mol. The monoisotopic (exact) mass is 439 g/mol. The van der Waals surface area contributed by atoms with Gasteiger partial charge in [0.15, 0.2) is 5.13 Å². The summed E-state index contributed by atoms with van der Waals surface area (Å²) in [5, 5.41) is 14.1. The number of carbonyl (C=O) groups is 1. The number of hydrogen-bond acceptors (Lipinski definition) is 4. The van der Waals surface area contributed by atoms with E-state index in [1.54, 1.807) is 17.0 Å². The van der Waals surface area contributed by atoms with Gasteiger partial charge in [-0.3, -0.25) is 5.32 Å². The van der Waals surface area contributed by atoms with Crippen LogP contribution in [0.4, 0.5) is 23.1 Å². The van der Waals surface area contributed by atoms with Gasteiger partial charge in [-0.25, -0.2) is 9.78 Å². The highest BCUT2D eigenvalue weighted by molar-refractivity contribution is 7.13. The molecule has 2 unspecified atom stereocenters. The number of likely N-dealkylation sites (tertiary alicyclic amines) is 1. The number of hydrogen-bond donors (Lipinski definition) is 2. The van der Waals surface area contributed by atoms with E-state index in [9.17, 15) is 18.0 Å². The minimum atomic E-state index is -4.37. The Balaban J connectivity index is 1.43. The first-order chi connectivity index (χ1) is 14.3. The Kier molecular flexibility index (Phi) is 5.76. The van der Waals surface area contributed by atoms with Crippen LogP contribution in [0.3, 0.4) is 0 Å². The van der Waals surface area contributed by atoms with Gasteiger partial charge in [0.2, 0.25) is 0 Å². The van der Waals surface area contributed by atoms with E-state index in [1.165, 1.54) is 17.4 Å². The number of nitrogens with one attached hydrogen (secondary N) is 1. The number of anilines is 1. The summed E-state index contributed by atoms with van der Waals surface area (Å²) in [7, 11) is 0. The van der Waals surface area contributed by atoms with E-state index in [2.05, 4.69) is 10.3 Å². The van der Waals surface area contributed by atoms with Crippen molar-refractivity contribution in [2.75, 3.05) is 25.0 Å². The van der Waals surface area contributed by atoms with Crippen molar-refractivity contribution in [3.05, 3.63) is 46.5 Å². The third-order valence-corrected chi connectivity index (χ3v) is 7.15. The number of halogens is 3. The molecule has 4 rings (SSSR count). The molecule has 1 saturated carbocycles. The zero-order valence-corrected chi connectivity index (χ0v) is 17.2. The van der Waals surface area contributed by atoms with Crippen LogP contribution in [-0.2, 0) is 12.6 Å². The molecule has 2 aromatic rings.